The van der Waals surface area contributed by atoms with Crippen LogP contribution >= 0.6 is 0 Å². The number of hydrogen-bond donors (Lipinski definition) is 2. The summed E-state index contributed by atoms with van der Waals surface area (Å²) in [7, 11) is 0. The molecule has 8 heteroatoms. The average Bonchev–Trinajstić information content (AvgIpc) is 2.27. The molecule has 0 aromatic heterocycles. The summed E-state index contributed by atoms with van der Waals surface area (Å²) in [6.45, 7) is 1.36. The molecule has 0 aliphatic heterocycles. The zero-order valence-corrected chi connectivity index (χ0v) is 9.34. The van der Waals surface area contributed by atoms with Crippen molar-refractivity contribution in [3.05, 3.63) is 39.7 Å². The van der Waals surface area contributed by atoms with Crippen LogP contribution in [0, 0.1) is 15.9 Å². The second-order valence-electron chi connectivity index (χ2n) is 3.52. The Kier molecular flexibility index (Phi) is 3.93. The molecule has 0 heterocycles. The average molecular weight is 255 g/mol. The van der Waals surface area contributed by atoms with Crippen molar-refractivity contribution < 1.29 is 18.9 Å². The van der Waals surface area contributed by atoms with E-state index < -0.39 is 34.3 Å². The third-order valence-corrected chi connectivity index (χ3v) is 2.18. The maximum Gasteiger partial charge on any atom is 0.304 e. The first kappa shape index (κ1) is 13.6. The Morgan fingerprint density at radius 1 is 1.50 bits per heavy atom. The molecular weight excluding hydrogens is 245 g/mol. The van der Waals surface area contributed by atoms with E-state index >= 15 is 0 Å². The first-order valence-electron chi connectivity index (χ1n) is 4.87. The highest BCUT2D eigenvalue weighted by Crippen LogP contribution is 2.17. The molecule has 0 aliphatic carbocycles. The number of carbonyl (C=O) groups is 2. The Hall–Kier alpha value is -2.51. The summed E-state index contributed by atoms with van der Waals surface area (Å²) < 4.78 is 13.2. The first-order chi connectivity index (χ1) is 8.32. The van der Waals surface area contributed by atoms with E-state index in [1.807, 2.05) is 0 Å². The summed E-state index contributed by atoms with van der Waals surface area (Å²) in [5.74, 6) is -2.61. The zero-order valence-electron chi connectivity index (χ0n) is 9.34. The molecule has 7 nitrogen and oxygen atoms in total. The van der Waals surface area contributed by atoms with Crippen molar-refractivity contribution in [2.45, 2.75) is 13.0 Å². The topological polar surface area (TPSA) is 115 Å². The molecule has 0 spiro atoms. The molecule has 0 aliphatic rings. The van der Waals surface area contributed by atoms with Crippen molar-refractivity contribution in [2.24, 2.45) is 5.73 Å². The van der Waals surface area contributed by atoms with Gasteiger partial charge in [-0.2, -0.15) is 4.39 Å². The van der Waals surface area contributed by atoms with Gasteiger partial charge in [-0.05, 0) is 19.1 Å². The molecule has 0 fully saturated rings. The van der Waals surface area contributed by atoms with Gasteiger partial charge in [-0.15, -0.1) is 0 Å². The number of rotatable bonds is 4. The second-order valence-corrected chi connectivity index (χ2v) is 3.52. The van der Waals surface area contributed by atoms with Crippen LogP contribution in [0.3, 0.4) is 0 Å². The van der Waals surface area contributed by atoms with Crippen LogP contribution < -0.4 is 11.1 Å². The van der Waals surface area contributed by atoms with Crippen LogP contribution in [0.5, 0.6) is 0 Å². The van der Waals surface area contributed by atoms with Crippen LogP contribution in [0.4, 0.5) is 10.1 Å². The van der Waals surface area contributed by atoms with E-state index in [-0.39, 0.29) is 5.56 Å². The maximum absolute atomic E-state index is 13.2. The lowest BCUT2D eigenvalue weighted by Gasteiger charge is -2.09. The summed E-state index contributed by atoms with van der Waals surface area (Å²) >= 11 is 0. The molecule has 1 rings (SSSR count). The summed E-state index contributed by atoms with van der Waals surface area (Å²) in [6, 6.07) is 1.76. The van der Waals surface area contributed by atoms with Gasteiger partial charge in [0.1, 0.15) is 6.04 Å². The molecule has 96 valence electrons. The minimum Gasteiger partial charge on any atom is -0.368 e. The van der Waals surface area contributed by atoms with Crippen LogP contribution in [0.25, 0.3) is 0 Å². The number of hydrogen-bond acceptors (Lipinski definition) is 4. The van der Waals surface area contributed by atoms with E-state index in [0.29, 0.717) is 0 Å². The lowest BCUT2D eigenvalue weighted by molar-refractivity contribution is -0.387. The Bertz CT molecular complexity index is 518. The van der Waals surface area contributed by atoms with Gasteiger partial charge in [0.05, 0.1) is 4.92 Å². The molecule has 0 saturated carbocycles. The number of nitrogens with one attached hydrogen (secondary N) is 1. The predicted octanol–water partition coefficient (Wildman–Crippen LogP) is 0.338. The first-order valence-corrected chi connectivity index (χ1v) is 4.87. The van der Waals surface area contributed by atoms with Crippen molar-refractivity contribution in [1.82, 2.24) is 5.32 Å². The smallest absolute Gasteiger partial charge is 0.304 e. The fourth-order valence-electron chi connectivity index (χ4n) is 1.15. The number of nitrogens with two attached hydrogens (primary N) is 1. The number of nitrogens with zero attached hydrogens (tertiary/aromatic N) is 1. The largest absolute Gasteiger partial charge is 0.368 e. The van der Waals surface area contributed by atoms with Gasteiger partial charge < -0.3 is 11.1 Å². The van der Waals surface area contributed by atoms with Gasteiger partial charge in [-0.25, -0.2) is 0 Å². The number of halogens is 1. The molecule has 0 radical (unpaired) electrons. The van der Waals surface area contributed by atoms with Gasteiger partial charge in [0.15, 0.2) is 0 Å². The van der Waals surface area contributed by atoms with Crippen molar-refractivity contribution >= 4 is 17.5 Å². The minimum absolute atomic E-state index is 0.133. The number of carbonyl (C=O) groups excluding carboxylic acids is 2. The number of benzene rings is 1. The number of nitro benzene ring substituents is 1. The second kappa shape index (κ2) is 5.21. The number of primary amides is 1. The summed E-state index contributed by atoms with van der Waals surface area (Å²) in [5.41, 5.74) is 4.08. The fourth-order valence-corrected chi connectivity index (χ4v) is 1.15. The molecule has 3 N–H and O–H groups in total. The van der Waals surface area contributed by atoms with Crippen molar-refractivity contribution in [3.8, 4) is 0 Å². The molecule has 0 bridgehead atoms. The van der Waals surface area contributed by atoms with Crippen molar-refractivity contribution in [1.29, 1.82) is 0 Å². The summed E-state index contributed by atoms with van der Waals surface area (Å²) in [6.07, 6.45) is 0. The quantitative estimate of drug-likeness (QED) is 0.596. The van der Waals surface area contributed by atoms with Crippen LogP contribution in [0.15, 0.2) is 18.2 Å². The Labute approximate surface area is 101 Å². The maximum atomic E-state index is 13.2. The Morgan fingerprint density at radius 3 is 2.56 bits per heavy atom. The third-order valence-electron chi connectivity index (χ3n) is 2.18. The minimum atomic E-state index is -1.13. The highest BCUT2D eigenvalue weighted by molar-refractivity contribution is 5.97. The molecule has 1 atom stereocenters. The number of nitro groups is 1. The molecule has 2 amide bonds. The zero-order chi connectivity index (χ0) is 13.9. The van der Waals surface area contributed by atoms with Crippen LogP contribution in [0.2, 0.25) is 0 Å². The van der Waals surface area contributed by atoms with Gasteiger partial charge >= 0.3 is 5.69 Å². The number of amides is 2. The lowest BCUT2D eigenvalue weighted by Crippen LogP contribution is -2.42. The normalized spacial score (nSPS) is 11.7. The Balaban J connectivity index is 2.91. The Morgan fingerprint density at radius 2 is 2.11 bits per heavy atom. The van der Waals surface area contributed by atoms with Gasteiger partial charge in [0.2, 0.25) is 11.7 Å². The van der Waals surface area contributed by atoms with Crippen molar-refractivity contribution in [3.63, 3.8) is 0 Å². The highest BCUT2D eigenvalue weighted by Gasteiger charge is 2.18. The lowest BCUT2D eigenvalue weighted by atomic mass is 10.1. The summed E-state index contributed by atoms with van der Waals surface area (Å²) in [4.78, 5) is 31.7. The van der Waals surface area contributed by atoms with E-state index in [0.717, 1.165) is 18.2 Å². The SMILES string of the molecule is CC(NC(=O)c1ccc([N+](=O)[O-])c(F)c1)C(N)=O. The molecule has 1 aromatic carbocycles. The van der Waals surface area contributed by atoms with E-state index in [1.165, 1.54) is 6.92 Å². The van der Waals surface area contributed by atoms with Gasteiger partial charge in [-0.3, -0.25) is 19.7 Å². The van der Waals surface area contributed by atoms with Gasteiger partial charge in [-0.1, -0.05) is 0 Å². The van der Waals surface area contributed by atoms with E-state index in [4.69, 9.17) is 5.73 Å². The van der Waals surface area contributed by atoms with Gasteiger partial charge in [0.25, 0.3) is 5.91 Å². The molecule has 1 aromatic rings. The standard InChI is InChI=1S/C10H10FN3O4/c1-5(9(12)15)13-10(16)6-2-3-8(14(17)18)7(11)4-6/h2-5H,1H3,(H2,12,15)(H,13,16). The van der Waals surface area contributed by atoms with Crippen LogP contribution in [0.1, 0.15) is 17.3 Å². The molecule has 0 saturated heterocycles. The van der Waals surface area contributed by atoms with E-state index in [9.17, 15) is 24.1 Å². The molecular formula is C10H10FN3O4. The molecule has 1 unspecified atom stereocenters. The third kappa shape index (κ3) is 3.00. The van der Waals surface area contributed by atoms with Gasteiger partial charge in [0, 0.05) is 11.6 Å². The monoisotopic (exact) mass is 255 g/mol. The van der Waals surface area contributed by atoms with E-state index in [2.05, 4.69) is 5.32 Å². The highest BCUT2D eigenvalue weighted by atomic mass is 19.1. The predicted molar refractivity (Wildman–Crippen MR) is 59.2 cm³/mol. The summed E-state index contributed by atoms with van der Waals surface area (Å²) in [5, 5.41) is 12.6. The molecule has 18 heavy (non-hydrogen) atoms. The fraction of sp³-hybridized carbons (Fsp3) is 0.200. The van der Waals surface area contributed by atoms with Crippen LogP contribution in [-0.2, 0) is 4.79 Å². The van der Waals surface area contributed by atoms with E-state index in [1.54, 1.807) is 0 Å². The van der Waals surface area contributed by atoms with Crippen LogP contribution in [-0.4, -0.2) is 22.8 Å². The van der Waals surface area contributed by atoms with Crippen molar-refractivity contribution in [2.75, 3.05) is 0 Å².